The van der Waals surface area contributed by atoms with Gasteiger partial charge in [-0.1, -0.05) is 38.5 Å². The van der Waals surface area contributed by atoms with Gasteiger partial charge < -0.3 is 4.74 Å². The van der Waals surface area contributed by atoms with E-state index in [0.29, 0.717) is 5.92 Å². The standard InChI is InChI=1S/C15H26N2O/c1-5-12(4)10-14(17-16)13-8-6-7-9-15(13)18-11(2)3/h6-9,11-12,14,17H,5,10,16H2,1-4H3. The highest BCUT2D eigenvalue weighted by atomic mass is 16.5. The van der Waals surface area contributed by atoms with Crippen LogP contribution in [-0.2, 0) is 0 Å². The maximum Gasteiger partial charge on any atom is 0.124 e. The van der Waals surface area contributed by atoms with Gasteiger partial charge in [-0.15, -0.1) is 0 Å². The molecular weight excluding hydrogens is 224 g/mol. The Morgan fingerprint density at radius 2 is 1.89 bits per heavy atom. The number of para-hydroxylation sites is 1. The first kappa shape index (κ1) is 15.0. The van der Waals surface area contributed by atoms with Crippen LogP contribution in [0.5, 0.6) is 5.75 Å². The number of ether oxygens (including phenoxy) is 1. The van der Waals surface area contributed by atoms with Crippen molar-refractivity contribution < 1.29 is 4.74 Å². The molecule has 0 saturated carbocycles. The Bertz CT molecular complexity index is 352. The summed E-state index contributed by atoms with van der Waals surface area (Å²) in [4.78, 5) is 0. The van der Waals surface area contributed by atoms with E-state index in [1.165, 1.54) is 0 Å². The van der Waals surface area contributed by atoms with Gasteiger partial charge in [-0.3, -0.25) is 11.3 Å². The van der Waals surface area contributed by atoms with Gasteiger partial charge in [0.15, 0.2) is 0 Å². The summed E-state index contributed by atoms with van der Waals surface area (Å²) < 4.78 is 5.85. The zero-order valence-corrected chi connectivity index (χ0v) is 11.9. The Kier molecular flexibility index (Phi) is 6.16. The SMILES string of the molecule is CCC(C)CC(NN)c1ccccc1OC(C)C. The molecule has 0 aliphatic heterocycles. The molecule has 1 aromatic rings. The van der Waals surface area contributed by atoms with Gasteiger partial charge in [0.25, 0.3) is 0 Å². The molecule has 0 spiro atoms. The van der Waals surface area contributed by atoms with Crippen LogP contribution in [-0.4, -0.2) is 6.10 Å². The third-order valence-electron chi connectivity index (χ3n) is 3.19. The molecule has 2 atom stereocenters. The Balaban J connectivity index is 2.90. The number of benzene rings is 1. The van der Waals surface area contributed by atoms with E-state index in [4.69, 9.17) is 10.6 Å². The molecule has 1 aromatic carbocycles. The third kappa shape index (κ3) is 4.31. The van der Waals surface area contributed by atoms with E-state index in [2.05, 4.69) is 25.3 Å². The maximum atomic E-state index is 5.85. The highest BCUT2D eigenvalue weighted by Crippen LogP contribution is 2.30. The molecular formula is C15H26N2O. The first-order valence-corrected chi connectivity index (χ1v) is 6.80. The molecule has 1 rings (SSSR count). The first-order valence-electron chi connectivity index (χ1n) is 6.80. The zero-order valence-electron chi connectivity index (χ0n) is 11.9. The Morgan fingerprint density at radius 3 is 2.44 bits per heavy atom. The molecule has 18 heavy (non-hydrogen) atoms. The molecule has 0 amide bonds. The minimum Gasteiger partial charge on any atom is -0.491 e. The number of hydrogen-bond acceptors (Lipinski definition) is 3. The lowest BCUT2D eigenvalue weighted by molar-refractivity contribution is 0.236. The van der Waals surface area contributed by atoms with Crippen LogP contribution in [0.2, 0.25) is 0 Å². The molecule has 0 heterocycles. The molecule has 2 unspecified atom stereocenters. The Hall–Kier alpha value is -1.06. The molecule has 0 radical (unpaired) electrons. The number of hydrogen-bond donors (Lipinski definition) is 2. The summed E-state index contributed by atoms with van der Waals surface area (Å²) in [6.07, 6.45) is 2.35. The van der Waals surface area contributed by atoms with E-state index >= 15 is 0 Å². The Morgan fingerprint density at radius 1 is 1.22 bits per heavy atom. The van der Waals surface area contributed by atoms with Gasteiger partial charge in [0.1, 0.15) is 5.75 Å². The smallest absolute Gasteiger partial charge is 0.124 e. The Labute approximate surface area is 111 Å². The fourth-order valence-electron chi connectivity index (χ4n) is 1.98. The minimum absolute atomic E-state index is 0.148. The van der Waals surface area contributed by atoms with Crippen LogP contribution in [0.25, 0.3) is 0 Å². The average Bonchev–Trinajstić information content (AvgIpc) is 2.36. The van der Waals surface area contributed by atoms with Crippen molar-refractivity contribution in [3.05, 3.63) is 29.8 Å². The van der Waals surface area contributed by atoms with Crippen molar-refractivity contribution in [3.8, 4) is 5.75 Å². The number of rotatable bonds is 7. The number of nitrogens with one attached hydrogen (secondary N) is 1. The van der Waals surface area contributed by atoms with Crippen LogP contribution in [0.1, 0.15) is 52.1 Å². The molecule has 3 nitrogen and oxygen atoms in total. The molecule has 0 fully saturated rings. The summed E-state index contributed by atoms with van der Waals surface area (Å²) >= 11 is 0. The second kappa shape index (κ2) is 7.39. The summed E-state index contributed by atoms with van der Waals surface area (Å²) in [5.41, 5.74) is 4.06. The van der Waals surface area contributed by atoms with Gasteiger partial charge in [-0.2, -0.15) is 0 Å². The van der Waals surface area contributed by atoms with Gasteiger partial charge >= 0.3 is 0 Å². The van der Waals surface area contributed by atoms with E-state index in [0.717, 1.165) is 24.2 Å². The van der Waals surface area contributed by atoms with Crippen LogP contribution in [0, 0.1) is 5.92 Å². The summed E-state index contributed by atoms with van der Waals surface area (Å²) in [6.45, 7) is 8.53. The predicted octanol–water partition coefficient (Wildman–Crippen LogP) is 3.41. The molecule has 0 bridgehead atoms. The topological polar surface area (TPSA) is 47.3 Å². The third-order valence-corrected chi connectivity index (χ3v) is 3.19. The first-order chi connectivity index (χ1) is 8.58. The lowest BCUT2D eigenvalue weighted by atomic mass is 9.94. The number of nitrogens with two attached hydrogens (primary N) is 1. The van der Waals surface area contributed by atoms with Gasteiger partial charge in [-0.05, 0) is 32.3 Å². The van der Waals surface area contributed by atoms with Gasteiger partial charge in [0.05, 0.1) is 6.10 Å². The highest BCUT2D eigenvalue weighted by Gasteiger charge is 2.17. The van der Waals surface area contributed by atoms with Crippen LogP contribution < -0.4 is 16.0 Å². The fourth-order valence-corrected chi connectivity index (χ4v) is 1.98. The average molecular weight is 250 g/mol. The minimum atomic E-state index is 0.148. The van der Waals surface area contributed by atoms with Crippen molar-refractivity contribution in [1.82, 2.24) is 5.43 Å². The normalized spacial score (nSPS) is 14.6. The molecule has 0 aliphatic carbocycles. The van der Waals surface area contributed by atoms with Crippen molar-refractivity contribution in [1.29, 1.82) is 0 Å². The van der Waals surface area contributed by atoms with Crippen molar-refractivity contribution >= 4 is 0 Å². The summed E-state index contributed by atoms with van der Waals surface area (Å²) in [5, 5.41) is 0. The molecule has 0 aromatic heterocycles. The van der Waals surface area contributed by atoms with E-state index in [1.54, 1.807) is 0 Å². The molecule has 3 N–H and O–H groups in total. The van der Waals surface area contributed by atoms with E-state index in [1.807, 2.05) is 32.0 Å². The maximum absolute atomic E-state index is 5.85. The van der Waals surface area contributed by atoms with Crippen LogP contribution in [0.3, 0.4) is 0 Å². The van der Waals surface area contributed by atoms with Crippen molar-refractivity contribution in [2.75, 3.05) is 0 Å². The quantitative estimate of drug-likeness (QED) is 0.576. The molecule has 102 valence electrons. The van der Waals surface area contributed by atoms with Crippen molar-refractivity contribution in [2.24, 2.45) is 11.8 Å². The molecule has 0 aliphatic rings. The highest BCUT2D eigenvalue weighted by molar-refractivity contribution is 5.36. The largest absolute Gasteiger partial charge is 0.491 e. The summed E-state index contributed by atoms with van der Waals surface area (Å²) in [7, 11) is 0. The molecule has 3 heteroatoms. The van der Waals surface area contributed by atoms with Gasteiger partial charge in [-0.25, -0.2) is 0 Å². The predicted molar refractivity (Wildman–Crippen MR) is 76.3 cm³/mol. The van der Waals surface area contributed by atoms with Crippen LogP contribution in [0.4, 0.5) is 0 Å². The summed E-state index contributed by atoms with van der Waals surface area (Å²) in [6, 6.07) is 8.28. The summed E-state index contributed by atoms with van der Waals surface area (Å²) in [5.74, 6) is 7.27. The molecule has 0 saturated heterocycles. The van der Waals surface area contributed by atoms with Crippen molar-refractivity contribution in [3.63, 3.8) is 0 Å². The van der Waals surface area contributed by atoms with Crippen LogP contribution >= 0.6 is 0 Å². The number of hydrazine groups is 1. The zero-order chi connectivity index (χ0) is 13.5. The second-order valence-electron chi connectivity index (χ2n) is 5.17. The van der Waals surface area contributed by atoms with E-state index in [-0.39, 0.29) is 12.1 Å². The van der Waals surface area contributed by atoms with Gasteiger partial charge in [0.2, 0.25) is 0 Å². The fraction of sp³-hybridized carbons (Fsp3) is 0.600. The van der Waals surface area contributed by atoms with E-state index < -0.39 is 0 Å². The van der Waals surface area contributed by atoms with E-state index in [9.17, 15) is 0 Å². The monoisotopic (exact) mass is 250 g/mol. The van der Waals surface area contributed by atoms with Crippen molar-refractivity contribution in [2.45, 2.75) is 52.7 Å². The van der Waals surface area contributed by atoms with Crippen LogP contribution in [0.15, 0.2) is 24.3 Å². The lowest BCUT2D eigenvalue weighted by Gasteiger charge is -2.23. The van der Waals surface area contributed by atoms with Gasteiger partial charge in [0, 0.05) is 11.6 Å². The lowest BCUT2D eigenvalue weighted by Crippen LogP contribution is -2.30. The second-order valence-corrected chi connectivity index (χ2v) is 5.17.